The number of hydrogen-bond acceptors (Lipinski definition) is 3. The smallest absolute Gasteiger partial charge is 0.0414 e. The monoisotopic (exact) mass is 252 g/mol. The summed E-state index contributed by atoms with van der Waals surface area (Å²) in [4.78, 5) is 4.06. The molecular weight excluding hydrogens is 228 g/mol. The third-order valence-electron chi connectivity index (χ3n) is 3.51. The number of thiophene rings is 1. The average molecular weight is 252 g/mol. The van der Waals surface area contributed by atoms with Crippen LogP contribution in [0.1, 0.15) is 44.0 Å². The zero-order valence-electron chi connectivity index (χ0n) is 11.0. The number of hydrogen-bond donors (Lipinski definition) is 1. The van der Waals surface area contributed by atoms with E-state index in [1.807, 2.05) is 11.3 Å². The Kier molecular flexibility index (Phi) is 5.01. The van der Waals surface area contributed by atoms with Gasteiger partial charge in [-0.25, -0.2) is 0 Å². The van der Waals surface area contributed by atoms with Crippen molar-refractivity contribution in [3.05, 3.63) is 22.4 Å². The van der Waals surface area contributed by atoms with Gasteiger partial charge in [0.25, 0.3) is 0 Å². The van der Waals surface area contributed by atoms with E-state index in [1.54, 1.807) is 0 Å². The summed E-state index contributed by atoms with van der Waals surface area (Å²) in [5.41, 5.74) is 0. The summed E-state index contributed by atoms with van der Waals surface area (Å²) in [6, 6.07) is 5.51. The molecule has 96 valence electrons. The van der Waals surface area contributed by atoms with Gasteiger partial charge in [0, 0.05) is 23.5 Å². The van der Waals surface area contributed by atoms with Gasteiger partial charge in [-0.1, -0.05) is 13.0 Å². The summed E-state index contributed by atoms with van der Waals surface area (Å²) < 4.78 is 0. The van der Waals surface area contributed by atoms with E-state index in [2.05, 4.69) is 41.6 Å². The molecular formula is C14H24N2S. The second-order valence-corrected chi connectivity index (χ2v) is 6.03. The van der Waals surface area contributed by atoms with Gasteiger partial charge >= 0.3 is 0 Å². The molecule has 2 rings (SSSR count). The van der Waals surface area contributed by atoms with Crippen molar-refractivity contribution in [1.29, 1.82) is 0 Å². The summed E-state index contributed by atoms with van der Waals surface area (Å²) in [7, 11) is 0. The van der Waals surface area contributed by atoms with Crippen LogP contribution in [0.4, 0.5) is 0 Å². The molecule has 0 radical (unpaired) electrons. The molecule has 0 aliphatic carbocycles. The van der Waals surface area contributed by atoms with Crippen molar-refractivity contribution >= 4 is 11.3 Å². The third-order valence-corrected chi connectivity index (χ3v) is 4.50. The topological polar surface area (TPSA) is 15.3 Å². The first-order chi connectivity index (χ1) is 8.29. The minimum atomic E-state index is 0.535. The molecule has 2 heterocycles. The molecule has 1 aromatic heterocycles. The van der Waals surface area contributed by atoms with E-state index in [4.69, 9.17) is 0 Å². The Hall–Kier alpha value is -0.380. The zero-order chi connectivity index (χ0) is 12.1. The Morgan fingerprint density at radius 1 is 1.41 bits per heavy atom. The Labute approximate surface area is 109 Å². The lowest BCUT2D eigenvalue weighted by atomic mass is 10.1. The van der Waals surface area contributed by atoms with Crippen LogP contribution in [-0.4, -0.2) is 30.6 Å². The quantitative estimate of drug-likeness (QED) is 0.836. The molecule has 1 fully saturated rings. The number of rotatable bonds is 6. The molecule has 0 saturated carbocycles. The van der Waals surface area contributed by atoms with Crippen LogP contribution < -0.4 is 5.32 Å². The van der Waals surface area contributed by atoms with Crippen LogP contribution in [0.25, 0.3) is 0 Å². The van der Waals surface area contributed by atoms with Crippen molar-refractivity contribution in [2.75, 3.05) is 19.6 Å². The predicted octanol–water partition coefficient (Wildman–Crippen LogP) is 3.27. The molecule has 2 atom stereocenters. The van der Waals surface area contributed by atoms with Gasteiger partial charge in [0.05, 0.1) is 0 Å². The van der Waals surface area contributed by atoms with Gasteiger partial charge in [-0.3, -0.25) is 0 Å². The van der Waals surface area contributed by atoms with E-state index in [0.29, 0.717) is 12.1 Å². The SMILES string of the molecule is CCC(NC(C)CN1CCCC1)c1cccs1. The van der Waals surface area contributed by atoms with E-state index in [0.717, 1.165) is 0 Å². The van der Waals surface area contributed by atoms with Crippen LogP contribution in [0.3, 0.4) is 0 Å². The lowest BCUT2D eigenvalue weighted by Gasteiger charge is -2.25. The summed E-state index contributed by atoms with van der Waals surface area (Å²) in [6.45, 7) is 8.36. The number of likely N-dealkylation sites (tertiary alicyclic amines) is 1. The molecule has 1 aromatic rings. The van der Waals surface area contributed by atoms with Crippen molar-refractivity contribution in [2.24, 2.45) is 0 Å². The van der Waals surface area contributed by atoms with Crippen molar-refractivity contribution in [3.63, 3.8) is 0 Å². The lowest BCUT2D eigenvalue weighted by molar-refractivity contribution is 0.285. The third kappa shape index (κ3) is 3.80. The highest BCUT2D eigenvalue weighted by Gasteiger charge is 2.17. The molecule has 2 unspecified atom stereocenters. The van der Waals surface area contributed by atoms with Crippen molar-refractivity contribution in [2.45, 2.75) is 45.2 Å². The molecule has 0 spiro atoms. The maximum absolute atomic E-state index is 3.76. The fourth-order valence-electron chi connectivity index (χ4n) is 2.64. The largest absolute Gasteiger partial charge is 0.305 e. The predicted molar refractivity (Wildman–Crippen MR) is 75.6 cm³/mol. The van der Waals surface area contributed by atoms with Crippen LogP contribution in [0.5, 0.6) is 0 Å². The summed E-state index contributed by atoms with van der Waals surface area (Å²) in [5, 5.41) is 5.94. The maximum Gasteiger partial charge on any atom is 0.0414 e. The van der Waals surface area contributed by atoms with Crippen molar-refractivity contribution in [1.82, 2.24) is 10.2 Å². The molecule has 1 aliphatic rings. The van der Waals surface area contributed by atoms with Crippen LogP contribution >= 0.6 is 11.3 Å². The van der Waals surface area contributed by atoms with Gasteiger partial charge in [-0.15, -0.1) is 11.3 Å². The van der Waals surface area contributed by atoms with E-state index >= 15 is 0 Å². The summed E-state index contributed by atoms with van der Waals surface area (Å²) >= 11 is 1.86. The van der Waals surface area contributed by atoms with E-state index in [-0.39, 0.29) is 0 Å². The van der Waals surface area contributed by atoms with Gasteiger partial charge in [0.1, 0.15) is 0 Å². The van der Waals surface area contributed by atoms with Crippen LogP contribution in [0.15, 0.2) is 17.5 Å². The van der Waals surface area contributed by atoms with Crippen molar-refractivity contribution < 1.29 is 0 Å². The van der Waals surface area contributed by atoms with E-state index < -0.39 is 0 Å². The minimum Gasteiger partial charge on any atom is -0.305 e. The Morgan fingerprint density at radius 2 is 2.18 bits per heavy atom. The number of nitrogens with zero attached hydrogens (tertiary/aromatic N) is 1. The molecule has 17 heavy (non-hydrogen) atoms. The highest BCUT2D eigenvalue weighted by molar-refractivity contribution is 7.10. The highest BCUT2D eigenvalue weighted by Crippen LogP contribution is 2.22. The molecule has 1 aliphatic heterocycles. The summed E-state index contributed by atoms with van der Waals surface area (Å²) in [5.74, 6) is 0. The van der Waals surface area contributed by atoms with Gasteiger partial charge in [0.2, 0.25) is 0 Å². The van der Waals surface area contributed by atoms with Gasteiger partial charge in [-0.05, 0) is 50.7 Å². The van der Waals surface area contributed by atoms with Gasteiger partial charge < -0.3 is 10.2 Å². The second kappa shape index (κ2) is 6.53. The van der Waals surface area contributed by atoms with Crippen molar-refractivity contribution in [3.8, 4) is 0 Å². The minimum absolute atomic E-state index is 0.535. The normalized spacial score (nSPS) is 20.6. The Bertz CT molecular complexity index is 304. The highest BCUT2D eigenvalue weighted by atomic mass is 32.1. The van der Waals surface area contributed by atoms with Crippen LogP contribution in [0.2, 0.25) is 0 Å². The standard InChI is InChI=1S/C14H24N2S/c1-3-13(14-7-6-10-17-14)15-12(2)11-16-8-4-5-9-16/h6-7,10,12-13,15H,3-5,8-9,11H2,1-2H3. The van der Waals surface area contributed by atoms with E-state index in [9.17, 15) is 0 Å². The zero-order valence-corrected chi connectivity index (χ0v) is 11.8. The molecule has 1 N–H and O–H groups in total. The molecule has 3 heteroatoms. The first kappa shape index (κ1) is 13.1. The first-order valence-corrected chi connectivity index (χ1v) is 7.69. The Balaban J connectivity index is 1.81. The van der Waals surface area contributed by atoms with E-state index in [1.165, 1.54) is 43.8 Å². The second-order valence-electron chi connectivity index (χ2n) is 5.05. The lowest BCUT2D eigenvalue weighted by Crippen LogP contribution is -2.39. The molecule has 1 saturated heterocycles. The van der Waals surface area contributed by atoms with Crippen LogP contribution in [0, 0.1) is 0 Å². The molecule has 0 bridgehead atoms. The fourth-order valence-corrected chi connectivity index (χ4v) is 3.51. The summed E-state index contributed by atoms with van der Waals surface area (Å²) in [6.07, 6.45) is 3.94. The maximum atomic E-state index is 3.76. The molecule has 2 nitrogen and oxygen atoms in total. The number of nitrogens with one attached hydrogen (secondary N) is 1. The Morgan fingerprint density at radius 3 is 2.76 bits per heavy atom. The molecule has 0 aromatic carbocycles. The fraction of sp³-hybridized carbons (Fsp3) is 0.714. The van der Waals surface area contributed by atoms with Crippen LogP contribution in [-0.2, 0) is 0 Å². The first-order valence-electron chi connectivity index (χ1n) is 6.81. The average Bonchev–Trinajstić information content (AvgIpc) is 2.97. The van der Waals surface area contributed by atoms with Gasteiger partial charge in [-0.2, -0.15) is 0 Å². The van der Waals surface area contributed by atoms with Gasteiger partial charge in [0.15, 0.2) is 0 Å². The molecule has 0 amide bonds.